The van der Waals surface area contributed by atoms with Gasteiger partial charge in [-0.1, -0.05) is 0 Å². The number of nitrogens with zero attached hydrogens (tertiary/aromatic N) is 3. The van der Waals surface area contributed by atoms with Gasteiger partial charge in [-0.3, -0.25) is 9.78 Å². The van der Waals surface area contributed by atoms with Crippen LogP contribution in [0.25, 0.3) is 22.3 Å². The van der Waals surface area contributed by atoms with Gasteiger partial charge in [0.1, 0.15) is 5.82 Å². The molecule has 0 radical (unpaired) electrons. The van der Waals surface area contributed by atoms with Crippen LogP contribution in [-0.2, 0) is 6.54 Å². The number of likely N-dealkylation sites (tertiary alicyclic amines) is 1. The number of benzene rings is 1. The highest BCUT2D eigenvalue weighted by atomic mass is 19.3. The third-order valence-electron chi connectivity index (χ3n) is 5.12. The van der Waals surface area contributed by atoms with Gasteiger partial charge in [0.05, 0.1) is 28.8 Å². The number of nitrogens with one attached hydrogen (secondary N) is 1. The first-order valence-electron chi connectivity index (χ1n) is 9.19. The topological polar surface area (TPSA) is 87.9 Å². The van der Waals surface area contributed by atoms with Gasteiger partial charge in [-0.15, -0.1) is 0 Å². The van der Waals surface area contributed by atoms with Gasteiger partial charge in [0.15, 0.2) is 0 Å². The van der Waals surface area contributed by atoms with Crippen LogP contribution in [0.15, 0.2) is 30.5 Å². The van der Waals surface area contributed by atoms with Gasteiger partial charge < -0.3 is 15.6 Å². The Labute approximate surface area is 160 Å². The van der Waals surface area contributed by atoms with Crippen molar-refractivity contribution in [1.82, 2.24) is 19.9 Å². The van der Waals surface area contributed by atoms with E-state index in [0.29, 0.717) is 17.8 Å². The third kappa shape index (κ3) is 3.47. The Bertz CT molecular complexity index is 1020. The number of carbonyl (C=O) groups excluding carboxylic acids is 1. The normalized spacial score (nSPS) is 16.5. The van der Waals surface area contributed by atoms with Gasteiger partial charge in [0, 0.05) is 37.7 Å². The second-order valence-corrected chi connectivity index (χ2v) is 7.16. The molecule has 8 heteroatoms. The fraction of sp³-hybridized carbons (Fsp3) is 0.350. The summed E-state index contributed by atoms with van der Waals surface area (Å²) in [6.07, 6.45) is 0.912. The minimum Gasteiger partial charge on any atom is -0.341 e. The molecular formula is C20H21F2N5O. The molecule has 28 heavy (non-hydrogen) atoms. The monoisotopic (exact) mass is 385 g/mol. The molecule has 0 aliphatic carbocycles. The van der Waals surface area contributed by atoms with E-state index in [4.69, 9.17) is 5.73 Å². The van der Waals surface area contributed by atoms with Gasteiger partial charge in [-0.2, -0.15) is 0 Å². The Hall–Kier alpha value is -2.87. The molecule has 1 aromatic carbocycles. The van der Waals surface area contributed by atoms with E-state index in [-0.39, 0.29) is 31.8 Å². The maximum Gasteiger partial charge on any atom is 0.255 e. The van der Waals surface area contributed by atoms with E-state index in [1.807, 2.05) is 19.1 Å². The zero-order valence-corrected chi connectivity index (χ0v) is 15.5. The Morgan fingerprint density at radius 2 is 2.04 bits per heavy atom. The lowest BCUT2D eigenvalue weighted by Crippen LogP contribution is -2.42. The summed E-state index contributed by atoms with van der Waals surface area (Å²) in [6, 6.07) is 7.38. The molecule has 1 aliphatic heterocycles. The average molecular weight is 385 g/mol. The van der Waals surface area contributed by atoms with E-state index >= 15 is 0 Å². The molecule has 1 amide bonds. The molecule has 1 fully saturated rings. The summed E-state index contributed by atoms with van der Waals surface area (Å²) in [4.78, 5) is 26.1. The molecule has 0 unspecified atom stereocenters. The van der Waals surface area contributed by atoms with E-state index in [0.717, 1.165) is 28.0 Å². The van der Waals surface area contributed by atoms with Crippen molar-refractivity contribution in [3.05, 3.63) is 47.4 Å². The second-order valence-electron chi connectivity index (χ2n) is 7.16. The van der Waals surface area contributed by atoms with Crippen molar-refractivity contribution >= 4 is 16.9 Å². The first-order chi connectivity index (χ1) is 13.4. The highest BCUT2D eigenvalue weighted by Crippen LogP contribution is 2.29. The van der Waals surface area contributed by atoms with Crippen molar-refractivity contribution in [2.45, 2.75) is 32.2 Å². The number of nitrogens with two attached hydrogens (primary N) is 1. The zero-order valence-electron chi connectivity index (χ0n) is 15.5. The maximum atomic E-state index is 13.3. The van der Waals surface area contributed by atoms with Crippen LogP contribution in [0.1, 0.15) is 34.6 Å². The van der Waals surface area contributed by atoms with Crippen LogP contribution in [0.5, 0.6) is 0 Å². The number of imidazole rings is 1. The number of H-pyrrole nitrogens is 1. The number of hydrogen-bond donors (Lipinski definition) is 2. The smallest absolute Gasteiger partial charge is 0.255 e. The van der Waals surface area contributed by atoms with Crippen molar-refractivity contribution in [2.75, 3.05) is 13.1 Å². The average Bonchev–Trinajstić information content (AvgIpc) is 3.11. The van der Waals surface area contributed by atoms with Crippen molar-refractivity contribution in [1.29, 1.82) is 0 Å². The molecule has 1 aliphatic rings. The third-order valence-corrected chi connectivity index (χ3v) is 5.12. The molecule has 0 bridgehead atoms. The number of fused-ring (bicyclic) bond motifs is 1. The summed E-state index contributed by atoms with van der Waals surface area (Å²) in [5.74, 6) is -2.22. The van der Waals surface area contributed by atoms with E-state index in [1.54, 1.807) is 12.1 Å². The summed E-state index contributed by atoms with van der Waals surface area (Å²) in [5.41, 5.74) is 10.4. The number of halogens is 2. The fourth-order valence-electron chi connectivity index (χ4n) is 3.49. The first-order valence-corrected chi connectivity index (χ1v) is 9.19. The number of aromatic nitrogens is 3. The van der Waals surface area contributed by atoms with Crippen molar-refractivity contribution < 1.29 is 13.6 Å². The molecule has 0 spiro atoms. The lowest BCUT2D eigenvalue weighted by Gasteiger charge is -2.31. The van der Waals surface area contributed by atoms with E-state index in [9.17, 15) is 13.6 Å². The number of amides is 1. The van der Waals surface area contributed by atoms with Gasteiger partial charge in [0.2, 0.25) is 0 Å². The van der Waals surface area contributed by atoms with Crippen LogP contribution in [0, 0.1) is 6.92 Å². The van der Waals surface area contributed by atoms with E-state index in [2.05, 4.69) is 15.0 Å². The van der Waals surface area contributed by atoms with Crippen LogP contribution in [0.2, 0.25) is 0 Å². The molecule has 3 heterocycles. The molecule has 4 rings (SSSR count). The zero-order chi connectivity index (χ0) is 19.9. The lowest BCUT2D eigenvalue weighted by molar-refractivity contribution is -0.0494. The summed E-state index contributed by atoms with van der Waals surface area (Å²) in [5, 5.41) is 0. The number of piperidine rings is 1. The largest absolute Gasteiger partial charge is 0.341 e. The Kier molecular flexibility index (Phi) is 4.58. The summed E-state index contributed by atoms with van der Waals surface area (Å²) in [6.45, 7) is 2.44. The SMILES string of the molecule is Cc1cc(-c2ccc(C(=O)N3CCC(F)(F)CC3)cn2)cc2nc(CN)[nH]c12. The summed E-state index contributed by atoms with van der Waals surface area (Å²) < 4.78 is 26.6. The van der Waals surface area contributed by atoms with Gasteiger partial charge in [-0.25, -0.2) is 13.8 Å². The molecule has 6 nitrogen and oxygen atoms in total. The van der Waals surface area contributed by atoms with Crippen molar-refractivity contribution in [3.8, 4) is 11.3 Å². The number of aryl methyl sites for hydroxylation is 1. The van der Waals surface area contributed by atoms with Crippen LogP contribution < -0.4 is 5.73 Å². The molecule has 1 saturated heterocycles. The molecule has 0 saturated carbocycles. The fourth-order valence-corrected chi connectivity index (χ4v) is 3.49. The Morgan fingerprint density at radius 1 is 1.29 bits per heavy atom. The number of hydrogen-bond acceptors (Lipinski definition) is 4. The minimum absolute atomic E-state index is 0.0616. The predicted octanol–water partition coefficient (Wildman–Crippen LogP) is 3.26. The molecular weight excluding hydrogens is 364 g/mol. The van der Waals surface area contributed by atoms with Crippen LogP contribution in [0.3, 0.4) is 0 Å². The Balaban J connectivity index is 1.56. The number of carbonyl (C=O) groups is 1. The molecule has 2 aromatic heterocycles. The van der Waals surface area contributed by atoms with E-state index in [1.165, 1.54) is 11.1 Å². The minimum atomic E-state index is -2.68. The second kappa shape index (κ2) is 6.94. The highest BCUT2D eigenvalue weighted by molar-refractivity contribution is 5.94. The van der Waals surface area contributed by atoms with Crippen molar-refractivity contribution in [2.24, 2.45) is 5.73 Å². The molecule has 0 atom stereocenters. The van der Waals surface area contributed by atoms with Crippen LogP contribution >= 0.6 is 0 Å². The summed E-state index contributed by atoms with van der Waals surface area (Å²) in [7, 11) is 0. The van der Waals surface area contributed by atoms with Gasteiger partial charge in [-0.05, 0) is 36.8 Å². The maximum absolute atomic E-state index is 13.3. The van der Waals surface area contributed by atoms with Gasteiger partial charge in [0.25, 0.3) is 11.8 Å². The number of alkyl halides is 2. The quantitative estimate of drug-likeness (QED) is 0.724. The highest BCUT2D eigenvalue weighted by Gasteiger charge is 2.35. The molecule has 3 N–H and O–H groups in total. The Morgan fingerprint density at radius 3 is 2.68 bits per heavy atom. The van der Waals surface area contributed by atoms with Crippen molar-refractivity contribution in [3.63, 3.8) is 0 Å². The first kappa shape index (κ1) is 18.5. The predicted molar refractivity (Wildman–Crippen MR) is 102 cm³/mol. The standard InChI is InChI=1S/C20H21F2N5O/c1-12-8-14(9-16-18(12)26-17(10-23)25-16)15-3-2-13(11-24-15)19(28)27-6-4-20(21,22)5-7-27/h2-3,8-9,11H,4-7,10,23H2,1H3,(H,25,26). The number of pyridine rings is 1. The molecule has 146 valence electrons. The van der Waals surface area contributed by atoms with E-state index < -0.39 is 5.92 Å². The van der Waals surface area contributed by atoms with Gasteiger partial charge >= 0.3 is 0 Å². The number of rotatable bonds is 3. The number of aromatic amines is 1. The lowest BCUT2D eigenvalue weighted by atomic mass is 10.0. The molecule has 3 aromatic rings. The van der Waals surface area contributed by atoms with Crippen LogP contribution in [-0.4, -0.2) is 44.8 Å². The summed E-state index contributed by atoms with van der Waals surface area (Å²) >= 11 is 0. The van der Waals surface area contributed by atoms with Crippen LogP contribution in [0.4, 0.5) is 8.78 Å².